The van der Waals surface area contributed by atoms with Crippen LogP contribution in [0.3, 0.4) is 0 Å². The second-order valence-electron chi connectivity index (χ2n) is 14.2. The maximum absolute atomic E-state index is 14.7. The van der Waals surface area contributed by atoms with E-state index in [0.29, 0.717) is 27.5 Å². The first-order chi connectivity index (χ1) is 25.5. The van der Waals surface area contributed by atoms with Crippen molar-refractivity contribution in [3.05, 3.63) is 124 Å². The topological polar surface area (TPSA) is 89.4 Å². The van der Waals surface area contributed by atoms with Gasteiger partial charge in [0, 0.05) is 64.3 Å². The predicted octanol–water partition coefficient (Wildman–Crippen LogP) is 9.16. The van der Waals surface area contributed by atoms with Crippen molar-refractivity contribution >= 4 is 51.4 Å². The van der Waals surface area contributed by atoms with Crippen LogP contribution in [0, 0.1) is 0 Å². The zero-order valence-corrected chi connectivity index (χ0v) is 30.3. The molecule has 4 aromatic carbocycles. The fourth-order valence-corrected chi connectivity index (χ4v) is 9.07. The lowest BCUT2D eigenvalue weighted by Gasteiger charge is -2.42. The molecule has 0 spiro atoms. The zero-order chi connectivity index (χ0) is 35.3. The van der Waals surface area contributed by atoms with E-state index in [-0.39, 0.29) is 18.6 Å². The molecule has 4 heterocycles. The number of aliphatic hydroxyl groups excluding tert-OH is 1. The summed E-state index contributed by atoms with van der Waals surface area (Å²) in [6, 6.07) is 28.1. The Hall–Kier alpha value is -4.60. The van der Waals surface area contributed by atoms with Crippen LogP contribution in [0.4, 0.5) is 11.4 Å². The third kappa shape index (κ3) is 5.88. The van der Waals surface area contributed by atoms with Crippen molar-refractivity contribution in [3.63, 3.8) is 0 Å². The van der Waals surface area contributed by atoms with Crippen LogP contribution in [0.2, 0.25) is 10.0 Å². The fraction of sp³-hybridized carbons (Fsp3) is 0.286. The molecule has 2 aromatic heterocycles. The summed E-state index contributed by atoms with van der Waals surface area (Å²) in [5.74, 6) is -0.276. The Morgan fingerprint density at radius 1 is 0.885 bits per heavy atom. The summed E-state index contributed by atoms with van der Waals surface area (Å²) < 4.78 is 2.15. The summed E-state index contributed by atoms with van der Waals surface area (Å²) in [6.45, 7) is 3.63. The van der Waals surface area contributed by atoms with Crippen molar-refractivity contribution < 1.29 is 9.90 Å². The third-order valence-corrected chi connectivity index (χ3v) is 11.7. The van der Waals surface area contributed by atoms with Gasteiger partial charge in [0.15, 0.2) is 0 Å². The Labute approximate surface area is 313 Å². The average Bonchev–Trinajstić information content (AvgIpc) is 3.79. The summed E-state index contributed by atoms with van der Waals surface area (Å²) in [7, 11) is 0. The quantitative estimate of drug-likeness (QED) is 0.152. The maximum Gasteiger partial charge on any atom is 0.272 e. The van der Waals surface area contributed by atoms with E-state index < -0.39 is 0 Å². The van der Waals surface area contributed by atoms with Gasteiger partial charge >= 0.3 is 0 Å². The number of fused-ring (bicyclic) bond motifs is 2. The number of hydrogen-bond donors (Lipinski definition) is 3. The molecule has 3 N–H and O–H groups in total. The number of H-pyrrole nitrogens is 1. The van der Waals surface area contributed by atoms with Gasteiger partial charge in [0.05, 0.1) is 41.7 Å². The number of anilines is 2. The van der Waals surface area contributed by atoms with Gasteiger partial charge in [-0.25, -0.2) is 4.98 Å². The minimum atomic E-state index is -0.276. The molecule has 9 rings (SSSR count). The number of carbonyl (C=O) groups excluding carboxylic acids is 1. The highest BCUT2D eigenvalue weighted by Gasteiger charge is 2.36. The van der Waals surface area contributed by atoms with E-state index in [1.54, 1.807) is 0 Å². The molecule has 6 aromatic rings. The van der Waals surface area contributed by atoms with Gasteiger partial charge in [0.2, 0.25) is 0 Å². The fourth-order valence-electron chi connectivity index (χ4n) is 8.71. The first-order valence-corrected chi connectivity index (χ1v) is 19.0. The normalized spacial score (nSPS) is 17.8. The van der Waals surface area contributed by atoms with Gasteiger partial charge in [0.25, 0.3) is 5.91 Å². The molecule has 1 saturated heterocycles. The number of aliphatic hydroxyl groups is 1. The van der Waals surface area contributed by atoms with Crippen LogP contribution in [0.25, 0.3) is 33.4 Å². The summed E-state index contributed by atoms with van der Waals surface area (Å²) in [4.78, 5) is 28.2. The minimum Gasteiger partial charge on any atom is -0.392 e. The van der Waals surface area contributed by atoms with Crippen LogP contribution in [0.15, 0.2) is 91.3 Å². The van der Waals surface area contributed by atoms with Crippen molar-refractivity contribution in [2.24, 2.45) is 0 Å². The molecule has 3 aliphatic rings. The third-order valence-electron chi connectivity index (χ3n) is 11.2. The predicted molar refractivity (Wildman–Crippen MR) is 210 cm³/mol. The lowest BCUT2D eigenvalue weighted by molar-refractivity contribution is 0.102. The number of aromatic nitrogens is 3. The van der Waals surface area contributed by atoms with E-state index in [2.05, 4.69) is 24.7 Å². The molecule has 264 valence electrons. The van der Waals surface area contributed by atoms with E-state index in [4.69, 9.17) is 28.2 Å². The molecule has 1 atom stereocenters. The van der Waals surface area contributed by atoms with Crippen molar-refractivity contribution in [2.45, 2.75) is 50.8 Å². The van der Waals surface area contributed by atoms with Crippen LogP contribution in [-0.4, -0.2) is 62.7 Å². The van der Waals surface area contributed by atoms with Gasteiger partial charge < -0.3 is 24.9 Å². The van der Waals surface area contributed by atoms with Crippen LogP contribution in [-0.2, 0) is 6.61 Å². The summed E-state index contributed by atoms with van der Waals surface area (Å²) in [5.41, 5.74) is 8.94. The van der Waals surface area contributed by atoms with Crippen LogP contribution >= 0.6 is 23.2 Å². The summed E-state index contributed by atoms with van der Waals surface area (Å²) in [6.07, 6.45) is 8.43. The second kappa shape index (κ2) is 13.7. The molecule has 1 aliphatic carbocycles. The molecular weight excluding hydrogens is 691 g/mol. The number of piperazine rings is 1. The lowest BCUT2D eigenvalue weighted by atomic mass is 9.88. The van der Waals surface area contributed by atoms with Gasteiger partial charge in [-0.1, -0.05) is 91.0 Å². The SMILES string of the molecule is O=C(Nc1cc(CO)ccc1N1CCN(C2CCCCC2)CC1)c1[nH]c2cc(Cl)cc3c2c1-c1c(-c2ccccc2)ncn1C3c1ccc(Cl)cc1. The number of amides is 1. The maximum atomic E-state index is 14.7. The van der Waals surface area contributed by atoms with Crippen LogP contribution in [0.1, 0.15) is 65.3 Å². The smallest absolute Gasteiger partial charge is 0.272 e. The van der Waals surface area contributed by atoms with Gasteiger partial charge in [-0.3, -0.25) is 9.69 Å². The molecular formula is C42H40Cl2N6O2. The molecule has 2 aliphatic heterocycles. The number of nitrogens with zero attached hydrogens (tertiary/aromatic N) is 4. The highest BCUT2D eigenvalue weighted by atomic mass is 35.5. The number of hydrogen-bond acceptors (Lipinski definition) is 5. The zero-order valence-electron chi connectivity index (χ0n) is 28.8. The van der Waals surface area contributed by atoms with Gasteiger partial charge in [-0.05, 0) is 65.9 Å². The number of nitrogens with one attached hydrogen (secondary N) is 2. The van der Waals surface area contributed by atoms with Crippen LogP contribution < -0.4 is 10.2 Å². The van der Waals surface area contributed by atoms with Gasteiger partial charge in [0.1, 0.15) is 5.69 Å². The Balaban J connectivity index is 1.14. The molecule has 1 unspecified atom stereocenters. The lowest BCUT2D eigenvalue weighted by Crippen LogP contribution is -2.51. The number of benzene rings is 4. The summed E-state index contributed by atoms with van der Waals surface area (Å²) >= 11 is 13.1. The molecule has 10 heteroatoms. The highest BCUT2D eigenvalue weighted by molar-refractivity contribution is 6.32. The van der Waals surface area contributed by atoms with Crippen molar-refractivity contribution in [3.8, 4) is 22.5 Å². The molecule has 1 saturated carbocycles. The standard InChI is InChI=1S/C42H40Cl2N6O2/c43-29-14-12-28(13-15-29)40-32-22-30(44)23-34-36(32)37(41-38(45-25-50(40)41)27-7-3-1-4-8-27)39(46-34)42(52)47-33-21-26(24-51)11-16-35(33)49-19-17-48(18-20-49)31-9-5-2-6-10-31/h1,3-4,7-8,11-16,21-23,25,31,40,46,51H,2,5-6,9-10,17-20,24H2,(H,47,52). The van der Waals surface area contributed by atoms with Crippen molar-refractivity contribution in [1.29, 1.82) is 0 Å². The number of imidazole rings is 1. The Kier molecular flexibility index (Phi) is 8.79. The molecule has 1 amide bonds. The van der Waals surface area contributed by atoms with E-state index >= 15 is 0 Å². The summed E-state index contributed by atoms with van der Waals surface area (Å²) in [5, 5.41) is 15.6. The highest BCUT2D eigenvalue weighted by Crippen LogP contribution is 2.50. The van der Waals surface area contributed by atoms with Crippen LogP contribution in [0.5, 0.6) is 0 Å². The largest absolute Gasteiger partial charge is 0.392 e. The molecule has 2 fully saturated rings. The minimum absolute atomic E-state index is 0.121. The Bertz CT molecular complexity index is 2270. The number of aromatic amines is 1. The Morgan fingerprint density at radius 2 is 1.65 bits per heavy atom. The van der Waals surface area contributed by atoms with Gasteiger partial charge in [-0.2, -0.15) is 0 Å². The van der Waals surface area contributed by atoms with E-state index in [9.17, 15) is 9.90 Å². The second-order valence-corrected chi connectivity index (χ2v) is 15.1. The first-order valence-electron chi connectivity index (χ1n) is 18.2. The van der Waals surface area contributed by atoms with E-state index in [1.165, 1.54) is 32.1 Å². The number of halogens is 2. The molecule has 0 radical (unpaired) electrons. The molecule has 8 nitrogen and oxygen atoms in total. The average molecular weight is 732 g/mol. The monoisotopic (exact) mass is 730 g/mol. The van der Waals surface area contributed by atoms with Gasteiger partial charge in [-0.15, -0.1) is 0 Å². The first kappa shape index (κ1) is 33.3. The molecule has 52 heavy (non-hydrogen) atoms. The van der Waals surface area contributed by atoms with Crippen molar-refractivity contribution in [2.75, 3.05) is 36.4 Å². The number of carbonyl (C=O) groups is 1. The Morgan fingerprint density at radius 3 is 2.40 bits per heavy atom. The molecule has 0 bridgehead atoms. The number of rotatable bonds is 7. The van der Waals surface area contributed by atoms with E-state index in [1.807, 2.05) is 91.3 Å². The van der Waals surface area contributed by atoms with E-state index in [0.717, 1.165) is 82.0 Å². The van der Waals surface area contributed by atoms with Crippen molar-refractivity contribution in [1.82, 2.24) is 19.4 Å².